The summed E-state index contributed by atoms with van der Waals surface area (Å²) in [5.74, 6) is -0.481. The Morgan fingerprint density at radius 1 is 1.13 bits per heavy atom. The summed E-state index contributed by atoms with van der Waals surface area (Å²) < 4.78 is 17.2. The number of aliphatic hydroxyl groups excluding tert-OH is 1. The highest BCUT2D eigenvalue weighted by Gasteiger charge is 2.32. The maximum atomic E-state index is 14.1. The monoisotopic (exact) mass is 526 g/mol. The number of ketones is 1. The molecule has 5 aromatic rings. The SMILES string of the molecule is Cn1c(C(=O)NCO)c(C(=O)c2ccn3c2CSC3c2cccnc2)c2ccc(-c3ccc(F)cc3)cc21. The number of aromatic nitrogens is 3. The Morgan fingerprint density at radius 3 is 2.66 bits per heavy atom. The molecule has 0 aliphatic carbocycles. The largest absolute Gasteiger partial charge is 0.376 e. The number of hydrogen-bond donors (Lipinski definition) is 2. The molecule has 2 aromatic carbocycles. The van der Waals surface area contributed by atoms with Crippen LogP contribution in [0.3, 0.4) is 0 Å². The molecule has 0 fully saturated rings. The maximum absolute atomic E-state index is 14.1. The molecule has 0 saturated heterocycles. The van der Waals surface area contributed by atoms with Crippen molar-refractivity contribution in [2.75, 3.05) is 6.73 Å². The van der Waals surface area contributed by atoms with Gasteiger partial charge in [-0.15, -0.1) is 11.8 Å². The van der Waals surface area contributed by atoms with Crippen molar-refractivity contribution < 1.29 is 19.1 Å². The van der Waals surface area contributed by atoms with Crippen LogP contribution in [0.25, 0.3) is 22.0 Å². The smallest absolute Gasteiger partial charge is 0.270 e. The van der Waals surface area contributed by atoms with Gasteiger partial charge in [-0.25, -0.2) is 4.39 Å². The molecule has 0 saturated carbocycles. The molecule has 1 atom stereocenters. The van der Waals surface area contributed by atoms with Crippen LogP contribution in [0.5, 0.6) is 0 Å². The van der Waals surface area contributed by atoms with E-state index in [0.29, 0.717) is 22.2 Å². The van der Waals surface area contributed by atoms with E-state index in [-0.39, 0.29) is 28.2 Å². The van der Waals surface area contributed by atoms with Crippen LogP contribution in [0.15, 0.2) is 79.3 Å². The number of nitrogens with one attached hydrogen (secondary N) is 1. The van der Waals surface area contributed by atoms with Crippen molar-refractivity contribution in [3.63, 3.8) is 0 Å². The molecule has 2 N–H and O–H groups in total. The summed E-state index contributed by atoms with van der Waals surface area (Å²) in [6.45, 7) is -0.556. The zero-order valence-electron chi connectivity index (χ0n) is 20.4. The van der Waals surface area contributed by atoms with Gasteiger partial charge in [0.2, 0.25) is 0 Å². The van der Waals surface area contributed by atoms with Gasteiger partial charge in [0, 0.05) is 59.1 Å². The van der Waals surface area contributed by atoms with Crippen molar-refractivity contribution in [2.45, 2.75) is 11.1 Å². The van der Waals surface area contributed by atoms with E-state index >= 15 is 0 Å². The Labute approximate surface area is 221 Å². The molecule has 0 bridgehead atoms. The number of amides is 1. The third-order valence-electron chi connectivity index (χ3n) is 6.93. The van der Waals surface area contributed by atoms with Crippen LogP contribution >= 0.6 is 11.8 Å². The van der Waals surface area contributed by atoms with Gasteiger partial charge < -0.3 is 19.6 Å². The van der Waals surface area contributed by atoms with E-state index in [2.05, 4.69) is 14.9 Å². The second-order valence-electron chi connectivity index (χ2n) is 9.05. The molecular weight excluding hydrogens is 503 g/mol. The van der Waals surface area contributed by atoms with Gasteiger partial charge in [-0.2, -0.15) is 0 Å². The van der Waals surface area contributed by atoms with Crippen LogP contribution < -0.4 is 5.32 Å². The fourth-order valence-corrected chi connectivity index (χ4v) is 6.43. The third kappa shape index (κ3) is 3.91. The molecule has 9 heteroatoms. The van der Waals surface area contributed by atoms with Gasteiger partial charge in [-0.1, -0.05) is 30.3 Å². The highest BCUT2D eigenvalue weighted by Crippen LogP contribution is 2.43. The molecule has 38 heavy (non-hydrogen) atoms. The van der Waals surface area contributed by atoms with E-state index in [4.69, 9.17) is 0 Å². The summed E-state index contributed by atoms with van der Waals surface area (Å²) in [6, 6.07) is 17.4. The quantitative estimate of drug-likeness (QED) is 0.243. The molecule has 3 aromatic heterocycles. The molecule has 4 heterocycles. The minimum atomic E-state index is -0.556. The van der Waals surface area contributed by atoms with Crippen LogP contribution in [0.2, 0.25) is 0 Å². The molecule has 6 rings (SSSR count). The Hall–Kier alpha value is -4.21. The number of halogens is 1. The second-order valence-corrected chi connectivity index (χ2v) is 10.1. The number of pyridine rings is 1. The predicted molar refractivity (Wildman–Crippen MR) is 144 cm³/mol. The van der Waals surface area contributed by atoms with Crippen molar-refractivity contribution in [3.8, 4) is 11.1 Å². The number of nitrogens with zero attached hydrogens (tertiary/aromatic N) is 3. The standard InChI is InChI=1S/C29H23FN4O3S/c1-33-23-13-18(17-4-7-20(30)8-5-17)6-9-21(23)25(26(33)28(37)32-16-35)27(36)22-10-12-34-24(22)15-38-29(34)19-3-2-11-31-14-19/h2-14,29,35H,15-16H2,1H3,(H,32,37). The number of benzene rings is 2. The van der Waals surface area contributed by atoms with Crippen molar-refractivity contribution in [3.05, 3.63) is 113 Å². The lowest BCUT2D eigenvalue weighted by molar-refractivity contribution is 0.0894. The second kappa shape index (κ2) is 9.59. The first kappa shape index (κ1) is 24.1. The normalized spacial score (nSPS) is 14.6. The van der Waals surface area contributed by atoms with E-state index in [1.807, 2.05) is 42.7 Å². The lowest BCUT2D eigenvalue weighted by atomic mass is 9.98. The summed E-state index contributed by atoms with van der Waals surface area (Å²) in [5, 5.41) is 12.5. The average Bonchev–Trinajstić information content (AvgIpc) is 3.62. The highest BCUT2D eigenvalue weighted by atomic mass is 32.2. The van der Waals surface area contributed by atoms with Gasteiger partial charge in [-0.05, 0) is 41.5 Å². The molecular formula is C29H23FN4O3S. The van der Waals surface area contributed by atoms with E-state index < -0.39 is 12.6 Å². The van der Waals surface area contributed by atoms with E-state index in [1.165, 1.54) is 12.1 Å². The Morgan fingerprint density at radius 2 is 1.92 bits per heavy atom. The van der Waals surface area contributed by atoms with E-state index in [0.717, 1.165) is 22.4 Å². The van der Waals surface area contributed by atoms with Crippen molar-refractivity contribution in [2.24, 2.45) is 7.05 Å². The Kier molecular flexibility index (Phi) is 6.09. The highest BCUT2D eigenvalue weighted by molar-refractivity contribution is 7.99. The number of carbonyl (C=O) groups is 2. The predicted octanol–water partition coefficient (Wildman–Crippen LogP) is 4.89. The van der Waals surface area contributed by atoms with Gasteiger partial charge in [-0.3, -0.25) is 14.6 Å². The topological polar surface area (TPSA) is 89.2 Å². The van der Waals surface area contributed by atoms with Gasteiger partial charge in [0.05, 0.1) is 5.56 Å². The fraction of sp³-hybridized carbons (Fsp3) is 0.138. The number of fused-ring (bicyclic) bond motifs is 2. The molecule has 1 unspecified atom stereocenters. The van der Waals surface area contributed by atoms with Gasteiger partial charge >= 0.3 is 0 Å². The first-order valence-corrected chi connectivity index (χ1v) is 13.1. The summed E-state index contributed by atoms with van der Waals surface area (Å²) in [4.78, 5) is 31.4. The minimum absolute atomic E-state index is 0.0168. The first-order chi connectivity index (χ1) is 18.5. The molecule has 1 amide bonds. The summed E-state index contributed by atoms with van der Waals surface area (Å²) in [6.07, 6.45) is 5.47. The van der Waals surface area contributed by atoms with E-state index in [1.54, 1.807) is 47.8 Å². The summed E-state index contributed by atoms with van der Waals surface area (Å²) >= 11 is 1.71. The van der Waals surface area contributed by atoms with Crippen molar-refractivity contribution in [1.29, 1.82) is 0 Å². The Balaban J connectivity index is 1.48. The Bertz CT molecular complexity index is 1690. The van der Waals surface area contributed by atoms with Crippen LogP contribution in [-0.2, 0) is 12.8 Å². The molecule has 0 radical (unpaired) electrons. The molecule has 0 spiro atoms. The molecule has 190 valence electrons. The summed E-state index contributed by atoms with van der Waals surface area (Å²) in [5.41, 5.74) is 5.25. The number of aryl methyl sites for hydroxylation is 1. The third-order valence-corrected chi connectivity index (χ3v) is 8.18. The van der Waals surface area contributed by atoms with Gasteiger partial charge in [0.1, 0.15) is 23.6 Å². The van der Waals surface area contributed by atoms with Crippen LogP contribution in [0.1, 0.15) is 43.0 Å². The first-order valence-electron chi connectivity index (χ1n) is 12.0. The lowest BCUT2D eigenvalue weighted by Gasteiger charge is -2.12. The number of rotatable bonds is 6. The zero-order chi connectivity index (χ0) is 26.4. The number of thioether (sulfide) groups is 1. The van der Waals surface area contributed by atoms with Gasteiger partial charge in [0.25, 0.3) is 5.91 Å². The summed E-state index contributed by atoms with van der Waals surface area (Å²) in [7, 11) is 1.72. The van der Waals surface area contributed by atoms with Crippen molar-refractivity contribution in [1.82, 2.24) is 19.4 Å². The maximum Gasteiger partial charge on any atom is 0.270 e. The average molecular weight is 527 g/mol. The molecule has 7 nitrogen and oxygen atoms in total. The van der Waals surface area contributed by atoms with Crippen LogP contribution in [-0.4, -0.2) is 37.6 Å². The van der Waals surface area contributed by atoms with Gasteiger partial charge in [0.15, 0.2) is 5.78 Å². The molecule has 1 aliphatic heterocycles. The fourth-order valence-electron chi connectivity index (χ4n) is 5.12. The zero-order valence-corrected chi connectivity index (χ0v) is 21.2. The number of hydrogen-bond acceptors (Lipinski definition) is 5. The number of aliphatic hydroxyl groups is 1. The van der Waals surface area contributed by atoms with Crippen molar-refractivity contribution >= 4 is 34.4 Å². The minimum Gasteiger partial charge on any atom is -0.376 e. The molecule has 1 aliphatic rings. The number of carbonyl (C=O) groups excluding carboxylic acids is 2. The van der Waals surface area contributed by atoms with Crippen LogP contribution in [0, 0.1) is 5.82 Å². The van der Waals surface area contributed by atoms with E-state index in [9.17, 15) is 19.1 Å². The lowest BCUT2D eigenvalue weighted by Crippen LogP contribution is -2.28. The van der Waals surface area contributed by atoms with Crippen LogP contribution in [0.4, 0.5) is 4.39 Å².